The third kappa shape index (κ3) is 5.04. The number of aryl methyl sites for hydroxylation is 3. The van der Waals surface area contributed by atoms with E-state index in [1.807, 2.05) is 32.9 Å². The van der Waals surface area contributed by atoms with Gasteiger partial charge in [-0.3, -0.25) is 9.59 Å². The fraction of sp³-hybridized carbons (Fsp3) is 0.556. The van der Waals surface area contributed by atoms with Crippen molar-refractivity contribution >= 4 is 27.5 Å². The van der Waals surface area contributed by atoms with Crippen LogP contribution in [0.4, 0.5) is 5.69 Å². The summed E-state index contributed by atoms with van der Waals surface area (Å²) >= 11 is 0. The van der Waals surface area contributed by atoms with Crippen LogP contribution in [0.2, 0.25) is 0 Å². The Labute approximate surface area is 155 Å². The van der Waals surface area contributed by atoms with Crippen LogP contribution in [0.15, 0.2) is 12.1 Å². The quantitative estimate of drug-likeness (QED) is 0.808. The number of benzene rings is 1. The highest BCUT2D eigenvalue weighted by Gasteiger charge is 2.34. The van der Waals surface area contributed by atoms with Crippen molar-refractivity contribution in [1.29, 1.82) is 0 Å². The molecule has 1 heterocycles. The van der Waals surface area contributed by atoms with Crippen LogP contribution in [0.1, 0.15) is 36.0 Å². The minimum absolute atomic E-state index is 0.195. The lowest BCUT2D eigenvalue weighted by molar-refractivity contribution is -0.127. The minimum Gasteiger partial charge on any atom is -0.346 e. The smallest absolute Gasteiger partial charge is 0.243 e. The second-order valence-electron chi connectivity index (χ2n) is 6.92. The van der Waals surface area contributed by atoms with Crippen molar-refractivity contribution in [2.75, 3.05) is 24.7 Å². The number of anilines is 1. The summed E-state index contributed by atoms with van der Waals surface area (Å²) in [5.41, 5.74) is 3.77. The molecule has 0 aliphatic carbocycles. The SMILES string of the molecule is Cc1cc(C)c(NC(=O)CNC(=O)C2CCCCN2S(C)(=O)=O)c(C)c1. The first-order valence-corrected chi connectivity index (χ1v) is 10.6. The Bertz CT molecular complexity index is 782. The number of hydrogen-bond acceptors (Lipinski definition) is 4. The van der Waals surface area contributed by atoms with Crippen molar-refractivity contribution < 1.29 is 18.0 Å². The topological polar surface area (TPSA) is 95.6 Å². The van der Waals surface area contributed by atoms with Gasteiger partial charge < -0.3 is 10.6 Å². The molecule has 2 amide bonds. The normalized spacial score (nSPS) is 18.4. The van der Waals surface area contributed by atoms with E-state index in [-0.39, 0.29) is 12.5 Å². The fourth-order valence-electron chi connectivity index (χ4n) is 3.41. The molecule has 1 aliphatic heterocycles. The molecule has 2 rings (SSSR count). The van der Waals surface area contributed by atoms with Gasteiger partial charge in [-0.1, -0.05) is 24.1 Å². The van der Waals surface area contributed by atoms with Crippen LogP contribution in [0.5, 0.6) is 0 Å². The summed E-state index contributed by atoms with van der Waals surface area (Å²) in [5, 5.41) is 5.39. The first kappa shape index (κ1) is 20.4. The van der Waals surface area contributed by atoms with E-state index in [1.54, 1.807) is 0 Å². The van der Waals surface area contributed by atoms with Crippen LogP contribution in [0, 0.1) is 20.8 Å². The summed E-state index contributed by atoms with van der Waals surface area (Å²) in [4.78, 5) is 24.6. The summed E-state index contributed by atoms with van der Waals surface area (Å²) in [6.45, 7) is 5.97. The number of nitrogens with zero attached hydrogens (tertiary/aromatic N) is 1. The highest BCUT2D eigenvalue weighted by Crippen LogP contribution is 2.22. The largest absolute Gasteiger partial charge is 0.346 e. The van der Waals surface area contributed by atoms with Crippen LogP contribution in [-0.2, 0) is 19.6 Å². The van der Waals surface area contributed by atoms with Gasteiger partial charge in [0.1, 0.15) is 6.04 Å². The molecular formula is C18H27N3O4S. The van der Waals surface area contributed by atoms with Crippen molar-refractivity contribution in [3.8, 4) is 0 Å². The van der Waals surface area contributed by atoms with Crippen LogP contribution in [0.3, 0.4) is 0 Å². The first-order valence-electron chi connectivity index (χ1n) is 8.72. The first-order chi connectivity index (χ1) is 12.1. The zero-order valence-corrected chi connectivity index (χ0v) is 16.6. The maximum atomic E-state index is 12.4. The molecule has 1 saturated heterocycles. The number of sulfonamides is 1. The number of piperidine rings is 1. The number of rotatable bonds is 5. The molecule has 1 aliphatic rings. The Morgan fingerprint density at radius 1 is 1.15 bits per heavy atom. The van der Waals surface area contributed by atoms with Gasteiger partial charge in [-0.25, -0.2) is 8.42 Å². The summed E-state index contributed by atoms with van der Waals surface area (Å²) in [5.74, 6) is -0.766. The van der Waals surface area contributed by atoms with Gasteiger partial charge in [-0.2, -0.15) is 4.31 Å². The Kier molecular flexibility index (Phi) is 6.41. The van der Waals surface area contributed by atoms with Gasteiger partial charge in [0.05, 0.1) is 12.8 Å². The second kappa shape index (κ2) is 8.18. The second-order valence-corrected chi connectivity index (χ2v) is 8.86. The summed E-state index contributed by atoms with van der Waals surface area (Å²) in [7, 11) is -3.45. The Balaban J connectivity index is 1.97. The molecule has 0 bridgehead atoms. The maximum Gasteiger partial charge on any atom is 0.243 e. The summed E-state index contributed by atoms with van der Waals surface area (Å²) in [6.07, 6.45) is 3.10. The Hall–Kier alpha value is -1.93. The van der Waals surface area contributed by atoms with Crippen molar-refractivity contribution in [1.82, 2.24) is 9.62 Å². The van der Waals surface area contributed by atoms with Gasteiger partial charge in [0.15, 0.2) is 0 Å². The minimum atomic E-state index is -3.45. The molecule has 1 aromatic rings. The van der Waals surface area contributed by atoms with E-state index >= 15 is 0 Å². The van der Waals surface area contributed by atoms with Gasteiger partial charge in [0.2, 0.25) is 21.8 Å². The fourth-order valence-corrected chi connectivity index (χ4v) is 4.53. The highest BCUT2D eigenvalue weighted by molar-refractivity contribution is 7.88. The number of hydrogen-bond donors (Lipinski definition) is 2. The van der Waals surface area contributed by atoms with Crippen LogP contribution in [-0.4, -0.2) is 49.9 Å². The molecule has 7 nitrogen and oxygen atoms in total. The zero-order chi connectivity index (χ0) is 19.5. The van der Waals surface area contributed by atoms with E-state index in [4.69, 9.17) is 0 Å². The zero-order valence-electron chi connectivity index (χ0n) is 15.8. The van der Waals surface area contributed by atoms with Gasteiger partial charge in [-0.05, 0) is 44.7 Å². The molecule has 1 unspecified atom stereocenters. The number of carbonyl (C=O) groups excluding carboxylic acids is 2. The Morgan fingerprint density at radius 2 is 1.77 bits per heavy atom. The molecule has 2 N–H and O–H groups in total. The molecular weight excluding hydrogens is 354 g/mol. The van der Waals surface area contributed by atoms with Crippen molar-refractivity contribution in [2.24, 2.45) is 0 Å². The van der Waals surface area contributed by atoms with Crippen LogP contribution >= 0.6 is 0 Å². The van der Waals surface area contributed by atoms with Gasteiger partial charge in [0.25, 0.3) is 0 Å². The molecule has 0 aromatic heterocycles. The van der Waals surface area contributed by atoms with Crippen LogP contribution in [0.25, 0.3) is 0 Å². The molecule has 144 valence electrons. The van der Waals surface area contributed by atoms with Crippen molar-refractivity contribution in [3.63, 3.8) is 0 Å². The van der Waals surface area contributed by atoms with E-state index in [1.165, 1.54) is 4.31 Å². The standard InChI is InChI=1S/C18H27N3O4S/c1-12-9-13(2)17(14(3)10-12)20-16(22)11-19-18(23)15-7-5-6-8-21(15)26(4,24)25/h9-10,15H,5-8,11H2,1-4H3,(H,19,23)(H,20,22). The molecule has 0 saturated carbocycles. The summed E-state index contributed by atoms with van der Waals surface area (Å²) < 4.78 is 24.9. The lowest BCUT2D eigenvalue weighted by Crippen LogP contribution is -2.52. The number of carbonyl (C=O) groups is 2. The average Bonchev–Trinajstić information content (AvgIpc) is 2.55. The molecule has 1 fully saturated rings. The maximum absolute atomic E-state index is 12.4. The lowest BCUT2D eigenvalue weighted by Gasteiger charge is -2.32. The van der Waals surface area contributed by atoms with E-state index in [0.717, 1.165) is 41.5 Å². The molecule has 8 heteroatoms. The van der Waals surface area contributed by atoms with Crippen molar-refractivity contribution in [3.05, 3.63) is 28.8 Å². The third-order valence-corrected chi connectivity index (χ3v) is 5.84. The molecule has 1 aromatic carbocycles. The van der Waals surface area contributed by atoms with Gasteiger partial charge >= 0.3 is 0 Å². The Morgan fingerprint density at radius 3 is 2.35 bits per heavy atom. The molecule has 1 atom stereocenters. The summed E-state index contributed by atoms with van der Waals surface area (Å²) in [6, 6.07) is 3.22. The number of amides is 2. The van der Waals surface area contributed by atoms with E-state index < -0.39 is 22.0 Å². The average molecular weight is 381 g/mol. The van der Waals surface area contributed by atoms with Gasteiger partial charge in [0, 0.05) is 12.2 Å². The molecule has 0 radical (unpaired) electrons. The van der Waals surface area contributed by atoms with E-state index in [0.29, 0.717) is 13.0 Å². The monoisotopic (exact) mass is 381 g/mol. The van der Waals surface area contributed by atoms with Crippen LogP contribution < -0.4 is 10.6 Å². The lowest BCUT2D eigenvalue weighted by atomic mass is 10.0. The highest BCUT2D eigenvalue weighted by atomic mass is 32.2. The number of nitrogens with one attached hydrogen (secondary N) is 2. The molecule has 0 spiro atoms. The predicted octanol–water partition coefficient (Wildman–Crippen LogP) is 1.48. The van der Waals surface area contributed by atoms with E-state index in [2.05, 4.69) is 10.6 Å². The third-order valence-electron chi connectivity index (χ3n) is 4.55. The van der Waals surface area contributed by atoms with Crippen molar-refractivity contribution in [2.45, 2.75) is 46.1 Å². The van der Waals surface area contributed by atoms with E-state index in [9.17, 15) is 18.0 Å². The predicted molar refractivity (Wildman–Crippen MR) is 101 cm³/mol. The van der Waals surface area contributed by atoms with Gasteiger partial charge in [-0.15, -0.1) is 0 Å². The molecule has 26 heavy (non-hydrogen) atoms.